The Bertz CT molecular complexity index is 512. The number of nitrogens with one attached hydrogen (secondary N) is 1. The van der Waals surface area contributed by atoms with Crippen LogP contribution in [0.4, 0.5) is 0 Å². The lowest BCUT2D eigenvalue weighted by atomic mass is 10.0. The summed E-state index contributed by atoms with van der Waals surface area (Å²) in [7, 11) is 1.98. The molecule has 0 saturated heterocycles. The molecule has 1 heterocycles. The van der Waals surface area contributed by atoms with Gasteiger partial charge in [-0.25, -0.2) is 0 Å². The minimum atomic E-state index is 0.202. The van der Waals surface area contributed by atoms with Crippen molar-refractivity contribution in [1.82, 2.24) is 5.32 Å². The summed E-state index contributed by atoms with van der Waals surface area (Å²) in [5.74, 6) is 0.921. The van der Waals surface area contributed by atoms with Crippen LogP contribution in [0.2, 0.25) is 0 Å². The number of benzene rings is 1. The van der Waals surface area contributed by atoms with Crippen molar-refractivity contribution in [3.63, 3.8) is 0 Å². The molecular formula is C14H16BrNOS. The Kier molecular flexibility index (Phi) is 4.80. The summed E-state index contributed by atoms with van der Waals surface area (Å²) >= 11 is 5.21. The van der Waals surface area contributed by atoms with E-state index in [1.54, 1.807) is 11.3 Å². The summed E-state index contributed by atoms with van der Waals surface area (Å²) in [4.78, 5) is 0. The minimum absolute atomic E-state index is 0.202. The lowest BCUT2D eigenvalue weighted by Crippen LogP contribution is -2.16. The second-order valence-corrected chi connectivity index (χ2v) is 6.20. The molecule has 1 unspecified atom stereocenters. The van der Waals surface area contributed by atoms with Gasteiger partial charge in [0, 0.05) is 0 Å². The van der Waals surface area contributed by atoms with Crippen molar-refractivity contribution >= 4 is 27.3 Å². The Morgan fingerprint density at radius 2 is 2.17 bits per heavy atom. The maximum Gasteiger partial charge on any atom is 0.119 e. The predicted molar refractivity (Wildman–Crippen MR) is 80.5 cm³/mol. The average molecular weight is 326 g/mol. The van der Waals surface area contributed by atoms with Gasteiger partial charge in [0.2, 0.25) is 0 Å². The first-order valence-corrected chi connectivity index (χ1v) is 7.55. The van der Waals surface area contributed by atoms with Crippen LogP contribution in [0.5, 0.6) is 5.75 Å². The van der Waals surface area contributed by atoms with Crippen LogP contribution in [0, 0.1) is 0 Å². The Balaban J connectivity index is 2.29. The van der Waals surface area contributed by atoms with E-state index in [0.29, 0.717) is 6.61 Å². The van der Waals surface area contributed by atoms with E-state index in [4.69, 9.17) is 4.74 Å². The molecule has 2 nitrogen and oxygen atoms in total. The lowest BCUT2D eigenvalue weighted by molar-refractivity contribution is 0.339. The van der Waals surface area contributed by atoms with Gasteiger partial charge in [-0.3, -0.25) is 0 Å². The van der Waals surface area contributed by atoms with Crippen LogP contribution in [-0.2, 0) is 0 Å². The Morgan fingerprint density at radius 1 is 1.33 bits per heavy atom. The summed E-state index contributed by atoms with van der Waals surface area (Å²) in [5, 5.41) is 5.51. The van der Waals surface area contributed by atoms with Gasteiger partial charge in [0.25, 0.3) is 0 Å². The monoisotopic (exact) mass is 325 g/mol. The number of hydrogen-bond donors (Lipinski definition) is 1. The molecule has 1 N–H and O–H groups in total. The number of ether oxygens (including phenoxy) is 1. The number of thiophene rings is 1. The van der Waals surface area contributed by atoms with E-state index in [2.05, 4.69) is 44.8 Å². The SMILES string of the molecule is CCOc1cccc(C(NC)c2csc(Br)c2)c1. The topological polar surface area (TPSA) is 21.3 Å². The first-order valence-electron chi connectivity index (χ1n) is 5.88. The fourth-order valence-corrected chi connectivity index (χ4v) is 3.15. The third-order valence-electron chi connectivity index (χ3n) is 2.71. The fraction of sp³-hybridized carbons (Fsp3) is 0.286. The van der Waals surface area contributed by atoms with Gasteiger partial charge in [-0.2, -0.15) is 0 Å². The first kappa shape index (κ1) is 13.6. The van der Waals surface area contributed by atoms with Gasteiger partial charge in [-0.15, -0.1) is 11.3 Å². The quantitative estimate of drug-likeness (QED) is 0.888. The minimum Gasteiger partial charge on any atom is -0.494 e. The van der Waals surface area contributed by atoms with Gasteiger partial charge in [0.15, 0.2) is 0 Å². The fourth-order valence-electron chi connectivity index (χ4n) is 1.95. The molecule has 2 aromatic rings. The molecule has 18 heavy (non-hydrogen) atoms. The molecule has 0 radical (unpaired) electrons. The Labute approximate surface area is 120 Å². The molecule has 0 aliphatic rings. The standard InChI is InChI=1S/C14H16BrNOS/c1-3-17-12-6-4-5-10(7-12)14(16-2)11-8-13(15)18-9-11/h4-9,14,16H,3H2,1-2H3. The van der Waals surface area contributed by atoms with Gasteiger partial charge < -0.3 is 10.1 Å². The third-order valence-corrected chi connectivity index (χ3v) is 4.23. The molecule has 2 rings (SSSR count). The summed E-state index contributed by atoms with van der Waals surface area (Å²) in [6.07, 6.45) is 0. The molecule has 0 amide bonds. The van der Waals surface area contributed by atoms with Crippen molar-refractivity contribution < 1.29 is 4.74 Å². The number of rotatable bonds is 5. The van der Waals surface area contributed by atoms with Crippen LogP contribution in [0.3, 0.4) is 0 Å². The van der Waals surface area contributed by atoms with Crippen molar-refractivity contribution in [2.24, 2.45) is 0 Å². The highest BCUT2D eigenvalue weighted by Gasteiger charge is 2.14. The van der Waals surface area contributed by atoms with Crippen LogP contribution in [0.15, 0.2) is 39.5 Å². The molecule has 0 fully saturated rings. The highest BCUT2D eigenvalue weighted by Crippen LogP contribution is 2.30. The van der Waals surface area contributed by atoms with Gasteiger partial charge in [0.05, 0.1) is 16.4 Å². The zero-order chi connectivity index (χ0) is 13.0. The first-order chi connectivity index (χ1) is 8.74. The van der Waals surface area contributed by atoms with Crippen molar-refractivity contribution in [2.75, 3.05) is 13.7 Å². The second kappa shape index (κ2) is 6.36. The van der Waals surface area contributed by atoms with Gasteiger partial charge in [-0.1, -0.05) is 12.1 Å². The average Bonchev–Trinajstić information content (AvgIpc) is 2.78. The molecule has 1 aromatic carbocycles. The van der Waals surface area contributed by atoms with Crippen molar-refractivity contribution in [3.8, 4) is 5.75 Å². The van der Waals surface area contributed by atoms with Crippen LogP contribution >= 0.6 is 27.3 Å². The highest BCUT2D eigenvalue weighted by atomic mass is 79.9. The van der Waals surface area contributed by atoms with E-state index >= 15 is 0 Å². The smallest absolute Gasteiger partial charge is 0.119 e. The Hall–Kier alpha value is -0.840. The maximum atomic E-state index is 5.55. The molecule has 1 atom stereocenters. The van der Waals surface area contributed by atoms with E-state index in [1.165, 1.54) is 11.1 Å². The van der Waals surface area contributed by atoms with Gasteiger partial charge in [0.1, 0.15) is 5.75 Å². The maximum absolute atomic E-state index is 5.55. The number of halogens is 1. The molecule has 4 heteroatoms. The van der Waals surface area contributed by atoms with Crippen LogP contribution in [0.1, 0.15) is 24.1 Å². The van der Waals surface area contributed by atoms with E-state index in [-0.39, 0.29) is 6.04 Å². The lowest BCUT2D eigenvalue weighted by Gasteiger charge is -2.16. The molecule has 0 bridgehead atoms. The molecular weight excluding hydrogens is 310 g/mol. The van der Waals surface area contributed by atoms with E-state index in [9.17, 15) is 0 Å². The van der Waals surface area contributed by atoms with Gasteiger partial charge in [-0.05, 0) is 64.6 Å². The third kappa shape index (κ3) is 3.13. The number of hydrogen-bond acceptors (Lipinski definition) is 3. The molecule has 0 saturated carbocycles. The molecule has 96 valence electrons. The summed E-state index contributed by atoms with van der Waals surface area (Å²) < 4.78 is 6.70. The molecule has 0 spiro atoms. The van der Waals surface area contributed by atoms with Crippen LogP contribution in [0.25, 0.3) is 0 Å². The molecule has 0 aliphatic heterocycles. The van der Waals surface area contributed by atoms with Gasteiger partial charge >= 0.3 is 0 Å². The van der Waals surface area contributed by atoms with Crippen LogP contribution in [-0.4, -0.2) is 13.7 Å². The Morgan fingerprint density at radius 3 is 2.78 bits per heavy atom. The summed E-state index contributed by atoms with van der Waals surface area (Å²) in [5.41, 5.74) is 2.48. The van der Waals surface area contributed by atoms with E-state index < -0.39 is 0 Å². The highest BCUT2D eigenvalue weighted by molar-refractivity contribution is 9.11. The zero-order valence-electron chi connectivity index (χ0n) is 10.4. The molecule has 1 aromatic heterocycles. The van der Waals surface area contributed by atoms with E-state index in [1.807, 2.05) is 26.1 Å². The van der Waals surface area contributed by atoms with Crippen molar-refractivity contribution in [3.05, 3.63) is 50.6 Å². The normalized spacial score (nSPS) is 12.4. The van der Waals surface area contributed by atoms with Crippen LogP contribution < -0.4 is 10.1 Å². The second-order valence-electron chi connectivity index (χ2n) is 3.91. The zero-order valence-corrected chi connectivity index (χ0v) is 12.8. The summed E-state index contributed by atoms with van der Waals surface area (Å²) in [6, 6.07) is 10.6. The van der Waals surface area contributed by atoms with Crippen molar-refractivity contribution in [1.29, 1.82) is 0 Å². The summed E-state index contributed by atoms with van der Waals surface area (Å²) in [6.45, 7) is 2.69. The predicted octanol–water partition coefficient (Wildman–Crippen LogP) is 4.22. The molecule has 0 aliphatic carbocycles. The van der Waals surface area contributed by atoms with Crippen molar-refractivity contribution in [2.45, 2.75) is 13.0 Å². The largest absolute Gasteiger partial charge is 0.494 e. The van der Waals surface area contributed by atoms with E-state index in [0.717, 1.165) is 9.54 Å².